The first-order valence-corrected chi connectivity index (χ1v) is 10.4. The molecule has 0 bridgehead atoms. The Morgan fingerprint density at radius 2 is 1.93 bits per heavy atom. The second kappa shape index (κ2) is 7.97. The minimum Gasteiger partial charge on any atom is -0.342 e. The number of carbonyl (C=O) groups is 1. The van der Waals surface area contributed by atoms with Gasteiger partial charge in [0.05, 0.1) is 15.2 Å². The molecule has 0 radical (unpaired) electrons. The van der Waals surface area contributed by atoms with Crippen LogP contribution in [0.1, 0.15) is 18.9 Å². The summed E-state index contributed by atoms with van der Waals surface area (Å²) in [7, 11) is 0. The van der Waals surface area contributed by atoms with Crippen molar-refractivity contribution >= 4 is 39.1 Å². The van der Waals surface area contributed by atoms with E-state index in [-0.39, 0.29) is 5.91 Å². The first-order valence-electron chi connectivity index (χ1n) is 9.22. The number of benzene rings is 2. The van der Waals surface area contributed by atoms with Gasteiger partial charge in [0.15, 0.2) is 0 Å². The van der Waals surface area contributed by atoms with E-state index in [0.717, 1.165) is 65.0 Å². The van der Waals surface area contributed by atoms with E-state index in [1.54, 1.807) is 18.3 Å². The lowest BCUT2D eigenvalue weighted by atomic mass is 10.1. The summed E-state index contributed by atoms with van der Waals surface area (Å²) < 4.78 is 1.04. The van der Waals surface area contributed by atoms with Crippen LogP contribution in [0.2, 0.25) is 5.02 Å². The minimum atomic E-state index is 0.178. The molecule has 0 saturated carbocycles. The molecule has 1 aliphatic heterocycles. The molecule has 0 atom stereocenters. The Labute approximate surface area is 168 Å². The number of nitrogens with zero attached hydrogens (tertiary/aromatic N) is 3. The highest BCUT2D eigenvalue weighted by molar-refractivity contribution is 7.22. The summed E-state index contributed by atoms with van der Waals surface area (Å²) in [4.78, 5) is 20.7. The fourth-order valence-corrected chi connectivity index (χ4v) is 4.75. The van der Waals surface area contributed by atoms with Crippen LogP contribution >= 0.6 is 22.9 Å². The summed E-state index contributed by atoms with van der Waals surface area (Å²) in [5.41, 5.74) is 3.36. The number of hydrogen-bond donors (Lipinski definition) is 0. The molecule has 0 aliphatic carbocycles. The maximum Gasteiger partial charge on any atom is 0.219 e. The van der Waals surface area contributed by atoms with Crippen LogP contribution < -0.4 is 0 Å². The fraction of sp³-hybridized carbons (Fsp3) is 0.333. The zero-order valence-corrected chi connectivity index (χ0v) is 16.9. The van der Waals surface area contributed by atoms with Crippen molar-refractivity contribution in [2.45, 2.75) is 19.9 Å². The molecule has 4 rings (SSSR count). The number of rotatable bonds is 3. The number of thiazole rings is 1. The van der Waals surface area contributed by atoms with Gasteiger partial charge in [-0.05, 0) is 24.1 Å². The molecular weight excluding hydrogens is 378 g/mol. The summed E-state index contributed by atoms with van der Waals surface area (Å²) in [6, 6.07) is 14.5. The standard InChI is InChI=1S/C21H22ClN3OS/c1-15(26)25-11-3-10-24(12-13-25)14-16-6-8-17(9-7-16)21-23-19-5-2-4-18(22)20(19)27-21/h2,4-9H,3,10-14H2,1H3. The first kappa shape index (κ1) is 18.4. The van der Waals surface area contributed by atoms with Crippen molar-refractivity contribution in [1.29, 1.82) is 0 Å². The maximum absolute atomic E-state index is 11.6. The normalized spacial score (nSPS) is 15.9. The number of aromatic nitrogens is 1. The van der Waals surface area contributed by atoms with Gasteiger partial charge in [-0.15, -0.1) is 11.3 Å². The summed E-state index contributed by atoms with van der Waals surface area (Å²) in [6.07, 6.45) is 1.03. The van der Waals surface area contributed by atoms with E-state index in [4.69, 9.17) is 16.6 Å². The Bertz CT molecular complexity index is 954. The molecule has 140 valence electrons. The highest BCUT2D eigenvalue weighted by Gasteiger charge is 2.16. The van der Waals surface area contributed by atoms with E-state index in [0.29, 0.717) is 0 Å². The highest BCUT2D eigenvalue weighted by atomic mass is 35.5. The molecule has 27 heavy (non-hydrogen) atoms. The van der Waals surface area contributed by atoms with E-state index < -0.39 is 0 Å². The van der Waals surface area contributed by atoms with Crippen LogP contribution in [0.4, 0.5) is 0 Å². The SMILES string of the molecule is CC(=O)N1CCCN(Cc2ccc(-c3nc4cccc(Cl)c4s3)cc2)CC1. The molecule has 2 aromatic carbocycles. The third kappa shape index (κ3) is 4.15. The molecule has 1 saturated heterocycles. The summed E-state index contributed by atoms with van der Waals surface area (Å²) >= 11 is 7.91. The van der Waals surface area contributed by atoms with Gasteiger partial charge in [-0.3, -0.25) is 9.69 Å². The lowest BCUT2D eigenvalue weighted by Gasteiger charge is -2.21. The second-order valence-corrected chi connectivity index (χ2v) is 8.35. The predicted molar refractivity (Wildman–Crippen MR) is 112 cm³/mol. The Hall–Kier alpha value is -1.95. The monoisotopic (exact) mass is 399 g/mol. The average molecular weight is 400 g/mol. The molecule has 0 N–H and O–H groups in total. The van der Waals surface area contributed by atoms with Gasteiger partial charge in [0.2, 0.25) is 5.91 Å². The van der Waals surface area contributed by atoms with E-state index in [1.807, 2.05) is 23.1 Å². The first-order chi connectivity index (χ1) is 13.1. The van der Waals surface area contributed by atoms with Gasteiger partial charge in [-0.25, -0.2) is 4.98 Å². The zero-order valence-electron chi connectivity index (χ0n) is 15.3. The van der Waals surface area contributed by atoms with Crippen LogP contribution in [-0.2, 0) is 11.3 Å². The highest BCUT2D eigenvalue weighted by Crippen LogP contribution is 2.34. The maximum atomic E-state index is 11.6. The van der Waals surface area contributed by atoms with Gasteiger partial charge in [0.25, 0.3) is 0 Å². The van der Waals surface area contributed by atoms with E-state index >= 15 is 0 Å². The third-order valence-corrected chi connectivity index (χ3v) is 6.59. The van der Waals surface area contributed by atoms with Gasteiger partial charge >= 0.3 is 0 Å². The second-order valence-electron chi connectivity index (χ2n) is 6.94. The van der Waals surface area contributed by atoms with Crippen LogP contribution in [0.5, 0.6) is 0 Å². The summed E-state index contributed by atoms with van der Waals surface area (Å²) in [6.45, 7) is 6.21. The van der Waals surface area contributed by atoms with Crippen LogP contribution in [0, 0.1) is 0 Å². The molecule has 3 aromatic rings. The van der Waals surface area contributed by atoms with E-state index in [2.05, 4.69) is 29.2 Å². The van der Waals surface area contributed by atoms with Crippen molar-refractivity contribution in [2.75, 3.05) is 26.2 Å². The molecular formula is C21H22ClN3OS. The van der Waals surface area contributed by atoms with Crippen molar-refractivity contribution in [3.63, 3.8) is 0 Å². The van der Waals surface area contributed by atoms with Gasteiger partial charge in [0, 0.05) is 45.2 Å². The largest absolute Gasteiger partial charge is 0.342 e. The average Bonchev–Trinajstić information content (AvgIpc) is 2.96. The Kier molecular flexibility index (Phi) is 5.43. The number of halogens is 1. The van der Waals surface area contributed by atoms with Crippen LogP contribution in [0.15, 0.2) is 42.5 Å². The van der Waals surface area contributed by atoms with Crippen molar-refractivity contribution in [2.24, 2.45) is 0 Å². The van der Waals surface area contributed by atoms with Gasteiger partial charge in [-0.1, -0.05) is 41.9 Å². The number of hydrogen-bond acceptors (Lipinski definition) is 4. The molecule has 1 amide bonds. The van der Waals surface area contributed by atoms with Gasteiger partial charge in [0.1, 0.15) is 5.01 Å². The van der Waals surface area contributed by atoms with Crippen molar-refractivity contribution in [1.82, 2.24) is 14.8 Å². The summed E-state index contributed by atoms with van der Waals surface area (Å²) in [5, 5.41) is 1.75. The molecule has 1 aliphatic rings. The minimum absolute atomic E-state index is 0.178. The third-order valence-electron chi connectivity index (χ3n) is 5.01. The van der Waals surface area contributed by atoms with E-state index in [9.17, 15) is 4.79 Å². The molecule has 4 nitrogen and oxygen atoms in total. The number of carbonyl (C=O) groups excluding carboxylic acids is 1. The topological polar surface area (TPSA) is 36.4 Å². The zero-order chi connectivity index (χ0) is 18.8. The van der Waals surface area contributed by atoms with E-state index in [1.165, 1.54) is 5.56 Å². The quantitative estimate of drug-likeness (QED) is 0.642. The lowest BCUT2D eigenvalue weighted by molar-refractivity contribution is -0.128. The molecule has 1 aromatic heterocycles. The number of amides is 1. The van der Waals surface area contributed by atoms with Crippen LogP contribution in [0.3, 0.4) is 0 Å². The van der Waals surface area contributed by atoms with Gasteiger partial charge in [-0.2, -0.15) is 0 Å². The van der Waals surface area contributed by atoms with Crippen molar-refractivity contribution in [3.8, 4) is 10.6 Å². The number of fused-ring (bicyclic) bond motifs is 1. The molecule has 0 unspecified atom stereocenters. The van der Waals surface area contributed by atoms with Crippen molar-refractivity contribution < 1.29 is 4.79 Å². The fourth-order valence-electron chi connectivity index (χ4n) is 3.49. The Morgan fingerprint density at radius 1 is 1.11 bits per heavy atom. The molecule has 2 heterocycles. The predicted octanol–water partition coefficient (Wildman–Crippen LogP) is 4.67. The Morgan fingerprint density at radius 3 is 2.67 bits per heavy atom. The van der Waals surface area contributed by atoms with Crippen LogP contribution in [0.25, 0.3) is 20.8 Å². The van der Waals surface area contributed by atoms with Gasteiger partial charge < -0.3 is 4.90 Å². The molecule has 1 fully saturated rings. The molecule has 6 heteroatoms. The van der Waals surface area contributed by atoms with Crippen LogP contribution in [-0.4, -0.2) is 46.9 Å². The summed E-state index contributed by atoms with van der Waals surface area (Å²) in [5.74, 6) is 0.178. The van der Waals surface area contributed by atoms with Crippen molar-refractivity contribution in [3.05, 3.63) is 53.1 Å². The molecule has 0 spiro atoms. The lowest BCUT2D eigenvalue weighted by Crippen LogP contribution is -2.33. The Balaban J connectivity index is 1.45. The smallest absolute Gasteiger partial charge is 0.219 e.